The number of rotatable bonds is 0. The van der Waals surface area contributed by atoms with Crippen molar-refractivity contribution in [3.63, 3.8) is 0 Å². The van der Waals surface area contributed by atoms with Crippen LogP contribution >= 0.6 is 0 Å². The Morgan fingerprint density at radius 3 is 2.47 bits per heavy atom. The summed E-state index contributed by atoms with van der Waals surface area (Å²) in [4.78, 5) is 23.7. The maximum absolute atomic E-state index is 11.4. The second-order valence-corrected chi connectivity index (χ2v) is 5.14. The summed E-state index contributed by atoms with van der Waals surface area (Å²) in [5.41, 5.74) is -0.962. The molecule has 0 saturated heterocycles. The van der Waals surface area contributed by atoms with Crippen LogP contribution in [0.3, 0.4) is 0 Å². The molecule has 1 atom stereocenters. The van der Waals surface area contributed by atoms with Gasteiger partial charge < -0.3 is 5.11 Å². The van der Waals surface area contributed by atoms with Gasteiger partial charge in [0, 0.05) is 12.6 Å². The standard InChI is InChI=1S/C11H17NO3/c1-10(2,3)11(4)7-8(13)5-6-12(11)9(14)15/h5-6H,7H2,1-4H3,(H,14,15). The average molecular weight is 211 g/mol. The molecule has 0 fully saturated rings. The molecule has 1 amide bonds. The van der Waals surface area contributed by atoms with Gasteiger partial charge in [0.2, 0.25) is 0 Å². The van der Waals surface area contributed by atoms with E-state index in [9.17, 15) is 9.59 Å². The smallest absolute Gasteiger partial charge is 0.411 e. The van der Waals surface area contributed by atoms with Crippen LogP contribution in [0.25, 0.3) is 0 Å². The van der Waals surface area contributed by atoms with Gasteiger partial charge in [0.15, 0.2) is 5.78 Å². The number of hydrogen-bond donors (Lipinski definition) is 1. The molecular weight excluding hydrogens is 194 g/mol. The van der Waals surface area contributed by atoms with Gasteiger partial charge in [-0.15, -0.1) is 0 Å². The molecule has 4 heteroatoms. The van der Waals surface area contributed by atoms with E-state index in [0.717, 1.165) is 0 Å². The first-order valence-electron chi connectivity index (χ1n) is 4.92. The van der Waals surface area contributed by atoms with Gasteiger partial charge in [-0.3, -0.25) is 9.69 Å². The van der Waals surface area contributed by atoms with Crippen molar-refractivity contribution in [2.24, 2.45) is 5.41 Å². The predicted octanol–water partition coefficient (Wildman–Crippen LogP) is 2.26. The van der Waals surface area contributed by atoms with Gasteiger partial charge in [-0.25, -0.2) is 4.79 Å². The molecule has 0 aromatic carbocycles. The highest BCUT2D eigenvalue weighted by Crippen LogP contribution is 2.40. The van der Waals surface area contributed by atoms with Crippen molar-refractivity contribution < 1.29 is 14.7 Å². The van der Waals surface area contributed by atoms with Crippen LogP contribution in [0.4, 0.5) is 4.79 Å². The molecule has 1 aliphatic rings. The van der Waals surface area contributed by atoms with Crippen molar-refractivity contribution in [2.75, 3.05) is 0 Å². The van der Waals surface area contributed by atoms with Gasteiger partial charge in [-0.1, -0.05) is 20.8 Å². The van der Waals surface area contributed by atoms with Crippen LogP contribution in [0, 0.1) is 5.41 Å². The Morgan fingerprint density at radius 1 is 1.53 bits per heavy atom. The number of amides is 1. The van der Waals surface area contributed by atoms with E-state index >= 15 is 0 Å². The zero-order valence-corrected chi connectivity index (χ0v) is 9.57. The minimum atomic E-state index is -1.02. The average Bonchev–Trinajstić information content (AvgIpc) is 2.00. The first-order chi connectivity index (χ1) is 6.68. The quantitative estimate of drug-likeness (QED) is 0.668. The normalized spacial score (nSPS) is 26.9. The molecule has 0 aromatic rings. The van der Waals surface area contributed by atoms with Gasteiger partial charge in [0.1, 0.15) is 0 Å². The molecule has 0 saturated carbocycles. The van der Waals surface area contributed by atoms with Crippen molar-refractivity contribution >= 4 is 11.9 Å². The highest BCUT2D eigenvalue weighted by atomic mass is 16.4. The van der Waals surface area contributed by atoms with Gasteiger partial charge in [-0.05, 0) is 18.4 Å². The molecule has 15 heavy (non-hydrogen) atoms. The zero-order chi connectivity index (χ0) is 11.9. The predicted molar refractivity (Wildman–Crippen MR) is 56.5 cm³/mol. The molecule has 0 aliphatic carbocycles. The fraction of sp³-hybridized carbons (Fsp3) is 0.636. The minimum Gasteiger partial charge on any atom is -0.465 e. The largest absolute Gasteiger partial charge is 0.465 e. The van der Waals surface area contributed by atoms with Crippen LogP contribution in [0.1, 0.15) is 34.1 Å². The number of nitrogens with zero attached hydrogens (tertiary/aromatic N) is 1. The number of ketones is 1. The van der Waals surface area contributed by atoms with E-state index in [-0.39, 0.29) is 17.6 Å². The third-order valence-corrected chi connectivity index (χ3v) is 3.28. The zero-order valence-electron chi connectivity index (χ0n) is 9.57. The Hall–Kier alpha value is -1.32. The summed E-state index contributed by atoms with van der Waals surface area (Å²) in [6.07, 6.45) is 1.90. The second kappa shape index (κ2) is 3.36. The molecule has 1 aliphatic heterocycles. The summed E-state index contributed by atoms with van der Waals surface area (Å²) in [5.74, 6) is -0.0232. The van der Waals surface area contributed by atoms with Gasteiger partial charge in [0.05, 0.1) is 5.54 Å². The van der Waals surface area contributed by atoms with Gasteiger partial charge in [-0.2, -0.15) is 0 Å². The molecule has 1 unspecified atom stereocenters. The van der Waals surface area contributed by atoms with E-state index in [4.69, 9.17) is 5.11 Å². The lowest BCUT2D eigenvalue weighted by Gasteiger charge is -2.48. The van der Waals surface area contributed by atoms with E-state index < -0.39 is 11.6 Å². The number of carbonyl (C=O) groups is 2. The Balaban J connectivity index is 3.19. The maximum atomic E-state index is 11.4. The Kier molecular flexibility index (Phi) is 2.63. The van der Waals surface area contributed by atoms with E-state index in [0.29, 0.717) is 0 Å². The SMILES string of the molecule is CC(C)(C)C1(C)CC(=O)C=CN1C(=O)O. The topological polar surface area (TPSA) is 57.6 Å². The van der Waals surface area contributed by atoms with Crippen molar-refractivity contribution in [1.29, 1.82) is 0 Å². The Bertz CT molecular complexity index is 327. The van der Waals surface area contributed by atoms with Crippen LogP contribution in [0.5, 0.6) is 0 Å². The lowest BCUT2D eigenvalue weighted by Crippen LogP contribution is -2.57. The number of allylic oxidation sites excluding steroid dienone is 1. The highest BCUT2D eigenvalue weighted by molar-refractivity contribution is 5.92. The Labute approximate surface area is 89.6 Å². The molecule has 1 rings (SSSR count). The highest BCUT2D eigenvalue weighted by Gasteiger charge is 2.47. The molecule has 0 bridgehead atoms. The van der Waals surface area contributed by atoms with Crippen LogP contribution < -0.4 is 0 Å². The van der Waals surface area contributed by atoms with Gasteiger partial charge >= 0.3 is 6.09 Å². The summed E-state index contributed by atoms with van der Waals surface area (Å²) < 4.78 is 0. The summed E-state index contributed by atoms with van der Waals surface area (Å²) in [6.45, 7) is 7.63. The third kappa shape index (κ3) is 1.89. The van der Waals surface area contributed by atoms with E-state index in [1.165, 1.54) is 17.2 Å². The Morgan fingerprint density at radius 2 is 2.07 bits per heavy atom. The van der Waals surface area contributed by atoms with Crippen LogP contribution in [0.2, 0.25) is 0 Å². The number of carbonyl (C=O) groups excluding carboxylic acids is 1. The molecule has 0 aromatic heterocycles. The first kappa shape index (κ1) is 11.8. The molecule has 0 radical (unpaired) electrons. The maximum Gasteiger partial charge on any atom is 0.411 e. The summed E-state index contributed by atoms with van der Waals surface area (Å²) >= 11 is 0. The van der Waals surface area contributed by atoms with Crippen LogP contribution in [-0.4, -0.2) is 27.4 Å². The lowest BCUT2D eigenvalue weighted by molar-refractivity contribution is -0.119. The van der Waals surface area contributed by atoms with Crippen LogP contribution in [-0.2, 0) is 4.79 Å². The van der Waals surface area contributed by atoms with Crippen molar-refractivity contribution in [3.05, 3.63) is 12.3 Å². The summed E-state index contributed by atoms with van der Waals surface area (Å²) in [7, 11) is 0. The molecule has 1 heterocycles. The van der Waals surface area contributed by atoms with Crippen LogP contribution in [0.15, 0.2) is 12.3 Å². The molecule has 4 nitrogen and oxygen atoms in total. The monoisotopic (exact) mass is 211 g/mol. The second-order valence-electron chi connectivity index (χ2n) is 5.14. The minimum absolute atomic E-state index is 0.0232. The van der Waals surface area contributed by atoms with Gasteiger partial charge in [0.25, 0.3) is 0 Å². The van der Waals surface area contributed by atoms with E-state index in [2.05, 4.69) is 0 Å². The summed E-state index contributed by atoms with van der Waals surface area (Å²) in [5, 5.41) is 9.09. The molecule has 84 valence electrons. The van der Waals surface area contributed by atoms with E-state index in [1.54, 1.807) is 0 Å². The molecule has 1 N–H and O–H groups in total. The summed E-state index contributed by atoms with van der Waals surface area (Å²) in [6, 6.07) is 0. The number of hydrogen-bond acceptors (Lipinski definition) is 2. The first-order valence-corrected chi connectivity index (χ1v) is 4.92. The fourth-order valence-corrected chi connectivity index (χ4v) is 1.71. The molecule has 0 spiro atoms. The van der Waals surface area contributed by atoms with E-state index in [1.807, 2.05) is 27.7 Å². The van der Waals surface area contributed by atoms with Crippen molar-refractivity contribution in [3.8, 4) is 0 Å². The molecular formula is C11H17NO3. The van der Waals surface area contributed by atoms with Crippen molar-refractivity contribution in [1.82, 2.24) is 4.90 Å². The number of carboxylic acid groups (broad SMARTS) is 1. The fourth-order valence-electron chi connectivity index (χ4n) is 1.71. The lowest BCUT2D eigenvalue weighted by atomic mass is 9.70. The van der Waals surface area contributed by atoms with Crippen molar-refractivity contribution in [2.45, 2.75) is 39.7 Å². The third-order valence-electron chi connectivity index (χ3n) is 3.28.